The molecule has 0 heterocycles. The van der Waals surface area contributed by atoms with E-state index in [2.05, 4.69) is 24.5 Å². The summed E-state index contributed by atoms with van der Waals surface area (Å²) >= 11 is 6.12. The van der Waals surface area contributed by atoms with Crippen LogP contribution in [0.15, 0.2) is 42.5 Å². The fourth-order valence-corrected chi connectivity index (χ4v) is 2.34. The molecular weight excluding hydrogens is 308 g/mol. The highest BCUT2D eigenvalue weighted by Crippen LogP contribution is 2.22. The van der Waals surface area contributed by atoms with E-state index in [1.165, 1.54) is 0 Å². The van der Waals surface area contributed by atoms with Crippen LogP contribution in [0.1, 0.15) is 19.4 Å². The molecule has 0 spiro atoms. The van der Waals surface area contributed by atoms with Gasteiger partial charge >= 0.3 is 0 Å². The van der Waals surface area contributed by atoms with Gasteiger partial charge in [0, 0.05) is 35.6 Å². The Morgan fingerprint density at radius 1 is 1.04 bits per heavy atom. The molecule has 0 amide bonds. The fourth-order valence-electron chi connectivity index (χ4n) is 2.16. The highest BCUT2D eigenvalue weighted by Gasteiger charge is 2.01. The maximum atomic E-state index is 6.12. The van der Waals surface area contributed by atoms with E-state index in [1.807, 2.05) is 49.4 Å². The molecule has 124 valence electrons. The van der Waals surface area contributed by atoms with Crippen molar-refractivity contribution in [2.75, 3.05) is 30.3 Å². The van der Waals surface area contributed by atoms with Crippen molar-refractivity contribution in [3.63, 3.8) is 0 Å². The van der Waals surface area contributed by atoms with Crippen molar-refractivity contribution in [3.05, 3.63) is 53.1 Å². The molecule has 2 aromatic rings. The van der Waals surface area contributed by atoms with Gasteiger partial charge in [0.15, 0.2) is 0 Å². The van der Waals surface area contributed by atoms with E-state index < -0.39 is 0 Å². The Labute approximate surface area is 144 Å². The van der Waals surface area contributed by atoms with Crippen molar-refractivity contribution < 1.29 is 4.74 Å². The normalized spacial score (nSPS) is 10.7. The third kappa shape index (κ3) is 5.68. The van der Waals surface area contributed by atoms with Crippen LogP contribution in [0.4, 0.5) is 11.4 Å². The van der Waals surface area contributed by atoms with E-state index in [1.54, 1.807) is 0 Å². The van der Waals surface area contributed by atoms with E-state index in [0.29, 0.717) is 5.92 Å². The average Bonchev–Trinajstić information content (AvgIpc) is 2.54. The summed E-state index contributed by atoms with van der Waals surface area (Å²) in [6.45, 7) is 8.68. The molecule has 0 unspecified atom stereocenters. The minimum atomic E-state index is 0.525. The van der Waals surface area contributed by atoms with Crippen LogP contribution in [0, 0.1) is 12.8 Å². The molecule has 0 aliphatic rings. The van der Waals surface area contributed by atoms with E-state index in [0.717, 1.165) is 47.4 Å². The standard InChI is InChI=1S/C19H25ClN2O/c1-14(2)13-23-17-7-4-6-16(12-17)21-10-11-22-19-9-5-8-18(20)15(19)3/h4-9,12,14,21-22H,10-11,13H2,1-3H3. The molecule has 2 N–H and O–H groups in total. The summed E-state index contributed by atoms with van der Waals surface area (Å²) in [4.78, 5) is 0. The second-order valence-electron chi connectivity index (χ2n) is 6.00. The number of halogens is 1. The lowest BCUT2D eigenvalue weighted by molar-refractivity contribution is 0.271. The number of rotatable bonds is 8. The van der Waals surface area contributed by atoms with Crippen LogP contribution in [-0.4, -0.2) is 19.7 Å². The summed E-state index contributed by atoms with van der Waals surface area (Å²) in [5.41, 5.74) is 3.22. The molecule has 0 aliphatic carbocycles. The minimum absolute atomic E-state index is 0.525. The van der Waals surface area contributed by atoms with Gasteiger partial charge in [-0.25, -0.2) is 0 Å². The predicted octanol–water partition coefficient (Wildman–Crippen LogP) is 5.21. The Kier molecular flexibility index (Phi) is 6.60. The summed E-state index contributed by atoms with van der Waals surface area (Å²) in [6, 6.07) is 14.0. The Balaban J connectivity index is 1.80. The van der Waals surface area contributed by atoms with Gasteiger partial charge in [0.05, 0.1) is 6.61 Å². The summed E-state index contributed by atoms with van der Waals surface area (Å²) < 4.78 is 5.74. The number of hydrogen-bond acceptors (Lipinski definition) is 3. The maximum Gasteiger partial charge on any atom is 0.121 e. The molecule has 0 aliphatic heterocycles. The molecule has 0 fully saturated rings. The van der Waals surface area contributed by atoms with Gasteiger partial charge in [-0.05, 0) is 42.7 Å². The van der Waals surface area contributed by atoms with Crippen LogP contribution < -0.4 is 15.4 Å². The van der Waals surface area contributed by atoms with Crippen molar-refractivity contribution in [2.45, 2.75) is 20.8 Å². The molecule has 0 aromatic heterocycles. The molecule has 0 saturated heterocycles. The first-order valence-corrected chi connectivity index (χ1v) is 8.40. The quantitative estimate of drug-likeness (QED) is 0.651. The summed E-state index contributed by atoms with van der Waals surface area (Å²) in [5, 5.41) is 7.59. The van der Waals surface area contributed by atoms with Crippen molar-refractivity contribution in [3.8, 4) is 5.75 Å². The lowest BCUT2D eigenvalue weighted by atomic mass is 10.2. The second-order valence-corrected chi connectivity index (χ2v) is 6.41. The number of hydrogen-bond donors (Lipinski definition) is 2. The third-order valence-electron chi connectivity index (χ3n) is 3.45. The molecule has 0 saturated carbocycles. The first-order chi connectivity index (χ1) is 11.1. The van der Waals surface area contributed by atoms with E-state index in [-0.39, 0.29) is 0 Å². The first-order valence-electron chi connectivity index (χ1n) is 8.02. The van der Waals surface area contributed by atoms with Gasteiger partial charge in [0.2, 0.25) is 0 Å². The van der Waals surface area contributed by atoms with Gasteiger partial charge < -0.3 is 15.4 Å². The zero-order valence-electron chi connectivity index (χ0n) is 14.0. The SMILES string of the molecule is Cc1c(Cl)cccc1NCCNc1cccc(OCC(C)C)c1. The lowest BCUT2D eigenvalue weighted by Gasteiger charge is -2.13. The minimum Gasteiger partial charge on any atom is -0.493 e. The predicted molar refractivity (Wildman–Crippen MR) is 99.9 cm³/mol. The molecule has 2 rings (SSSR count). The molecule has 0 radical (unpaired) electrons. The van der Waals surface area contributed by atoms with E-state index in [9.17, 15) is 0 Å². The molecule has 0 bridgehead atoms. The first kappa shape index (κ1) is 17.5. The van der Waals surface area contributed by atoms with Gasteiger partial charge in [-0.15, -0.1) is 0 Å². The van der Waals surface area contributed by atoms with Crippen molar-refractivity contribution >= 4 is 23.0 Å². The highest BCUT2D eigenvalue weighted by molar-refractivity contribution is 6.31. The van der Waals surface area contributed by atoms with E-state index in [4.69, 9.17) is 16.3 Å². The number of nitrogens with one attached hydrogen (secondary N) is 2. The molecular formula is C19H25ClN2O. The average molecular weight is 333 g/mol. The zero-order valence-corrected chi connectivity index (χ0v) is 14.8. The van der Waals surface area contributed by atoms with Crippen LogP contribution in [0.25, 0.3) is 0 Å². The van der Waals surface area contributed by atoms with Crippen molar-refractivity contribution in [1.29, 1.82) is 0 Å². The molecule has 2 aromatic carbocycles. The van der Waals surface area contributed by atoms with Crippen LogP contribution in [0.5, 0.6) is 5.75 Å². The van der Waals surface area contributed by atoms with Gasteiger partial charge in [0.25, 0.3) is 0 Å². The van der Waals surface area contributed by atoms with Gasteiger partial charge in [0.1, 0.15) is 5.75 Å². The Morgan fingerprint density at radius 2 is 1.78 bits per heavy atom. The van der Waals surface area contributed by atoms with Crippen LogP contribution in [-0.2, 0) is 0 Å². The molecule has 3 nitrogen and oxygen atoms in total. The van der Waals surface area contributed by atoms with Crippen molar-refractivity contribution in [2.24, 2.45) is 5.92 Å². The lowest BCUT2D eigenvalue weighted by Crippen LogP contribution is -2.14. The summed E-state index contributed by atoms with van der Waals surface area (Å²) in [7, 11) is 0. The molecule has 0 atom stereocenters. The van der Waals surface area contributed by atoms with Crippen LogP contribution >= 0.6 is 11.6 Å². The Morgan fingerprint density at radius 3 is 2.57 bits per heavy atom. The topological polar surface area (TPSA) is 33.3 Å². The Hall–Kier alpha value is -1.87. The van der Waals surface area contributed by atoms with Gasteiger partial charge in [-0.2, -0.15) is 0 Å². The summed E-state index contributed by atoms with van der Waals surface area (Å²) in [6.07, 6.45) is 0. The fraction of sp³-hybridized carbons (Fsp3) is 0.368. The third-order valence-corrected chi connectivity index (χ3v) is 3.86. The molecule has 23 heavy (non-hydrogen) atoms. The monoisotopic (exact) mass is 332 g/mol. The number of anilines is 2. The number of benzene rings is 2. The Bertz CT molecular complexity index is 629. The second kappa shape index (κ2) is 8.68. The zero-order chi connectivity index (χ0) is 16.7. The smallest absolute Gasteiger partial charge is 0.121 e. The maximum absolute atomic E-state index is 6.12. The number of ether oxygens (including phenoxy) is 1. The largest absolute Gasteiger partial charge is 0.493 e. The highest BCUT2D eigenvalue weighted by atomic mass is 35.5. The van der Waals surface area contributed by atoms with Crippen LogP contribution in [0.2, 0.25) is 5.02 Å². The summed E-state index contributed by atoms with van der Waals surface area (Å²) in [5.74, 6) is 1.43. The van der Waals surface area contributed by atoms with Gasteiger partial charge in [-0.3, -0.25) is 0 Å². The van der Waals surface area contributed by atoms with Crippen molar-refractivity contribution in [1.82, 2.24) is 0 Å². The van der Waals surface area contributed by atoms with Crippen LogP contribution in [0.3, 0.4) is 0 Å². The molecule has 4 heteroatoms. The van der Waals surface area contributed by atoms with Gasteiger partial charge in [-0.1, -0.05) is 37.6 Å². The van der Waals surface area contributed by atoms with E-state index >= 15 is 0 Å².